The highest BCUT2D eigenvalue weighted by atomic mass is 16.2. The fourth-order valence-electron chi connectivity index (χ4n) is 3.42. The van der Waals surface area contributed by atoms with Gasteiger partial charge in [-0.1, -0.05) is 49.6 Å². The number of carbonyl (C=O) groups is 1. The minimum absolute atomic E-state index is 0.251. The van der Waals surface area contributed by atoms with Gasteiger partial charge in [0, 0.05) is 24.5 Å². The lowest BCUT2D eigenvalue weighted by Crippen LogP contribution is -2.47. The third kappa shape index (κ3) is 3.85. The van der Waals surface area contributed by atoms with Crippen molar-refractivity contribution < 1.29 is 4.79 Å². The summed E-state index contributed by atoms with van der Waals surface area (Å²) >= 11 is 0. The quantitative estimate of drug-likeness (QED) is 0.903. The second-order valence-electron chi connectivity index (χ2n) is 6.84. The van der Waals surface area contributed by atoms with Crippen molar-refractivity contribution in [1.29, 1.82) is 0 Å². The predicted molar refractivity (Wildman–Crippen MR) is 84.6 cm³/mol. The molecular formula is C18H26N2O. The molecule has 1 amide bonds. The molecule has 1 aromatic carbocycles. The largest absolute Gasteiger partial charge is 0.335 e. The normalized spacial score (nSPS) is 21.0. The molecule has 2 aliphatic rings. The molecule has 1 aromatic rings. The van der Waals surface area contributed by atoms with Crippen LogP contribution in [0.1, 0.15) is 56.9 Å². The Morgan fingerprint density at radius 2 is 1.81 bits per heavy atom. The number of nitrogens with two attached hydrogens (primary N) is 1. The monoisotopic (exact) mass is 286 g/mol. The van der Waals surface area contributed by atoms with Crippen molar-refractivity contribution in [1.82, 2.24) is 4.90 Å². The Morgan fingerprint density at radius 3 is 2.43 bits per heavy atom. The van der Waals surface area contributed by atoms with E-state index in [0.29, 0.717) is 12.5 Å². The molecule has 2 aliphatic carbocycles. The van der Waals surface area contributed by atoms with Crippen molar-refractivity contribution in [2.75, 3.05) is 0 Å². The lowest BCUT2D eigenvalue weighted by molar-refractivity contribution is -0.134. The fourth-order valence-corrected chi connectivity index (χ4v) is 3.42. The molecule has 0 aromatic heterocycles. The van der Waals surface area contributed by atoms with E-state index in [-0.39, 0.29) is 11.4 Å². The van der Waals surface area contributed by atoms with Gasteiger partial charge in [0.25, 0.3) is 0 Å². The van der Waals surface area contributed by atoms with Crippen LogP contribution in [0.25, 0.3) is 0 Å². The summed E-state index contributed by atoms with van der Waals surface area (Å²) in [5.74, 6) is 0.255. The first-order valence-electron chi connectivity index (χ1n) is 8.29. The molecule has 0 heterocycles. The molecule has 0 saturated heterocycles. The zero-order valence-corrected chi connectivity index (χ0v) is 12.8. The predicted octanol–water partition coefficient (Wildman–Crippen LogP) is 3.23. The second kappa shape index (κ2) is 6.18. The average Bonchev–Trinajstić information content (AvgIpc) is 3.30. The van der Waals surface area contributed by atoms with E-state index >= 15 is 0 Å². The van der Waals surface area contributed by atoms with Gasteiger partial charge in [0.2, 0.25) is 5.91 Å². The highest BCUT2D eigenvalue weighted by molar-refractivity contribution is 5.78. The highest BCUT2D eigenvalue weighted by Crippen LogP contribution is 2.33. The first-order chi connectivity index (χ1) is 10.2. The maximum absolute atomic E-state index is 12.7. The summed E-state index contributed by atoms with van der Waals surface area (Å²) in [4.78, 5) is 14.8. The van der Waals surface area contributed by atoms with Gasteiger partial charge in [-0.3, -0.25) is 4.79 Å². The molecule has 3 rings (SSSR count). The molecule has 3 heteroatoms. The Hall–Kier alpha value is -1.35. The lowest BCUT2D eigenvalue weighted by Gasteiger charge is -2.35. The van der Waals surface area contributed by atoms with Crippen molar-refractivity contribution >= 4 is 5.91 Å². The molecule has 0 aliphatic heterocycles. The first-order valence-corrected chi connectivity index (χ1v) is 8.29. The molecule has 0 unspecified atom stereocenters. The van der Waals surface area contributed by atoms with Crippen molar-refractivity contribution in [2.45, 2.75) is 69.5 Å². The Kier molecular flexibility index (Phi) is 4.29. The third-order valence-corrected chi connectivity index (χ3v) is 4.86. The van der Waals surface area contributed by atoms with E-state index in [1.165, 1.54) is 24.8 Å². The van der Waals surface area contributed by atoms with E-state index in [1.807, 2.05) is 18.2 Å². The first kappa shape index (κ1) is 14.6. The summed E-state index contributed by atoms with van der Waals surface area (Å²) < 4.78 is 0. The van der Waals surface area contributed by atoms with Crippen molar-refractivity contribution in [2.24, 2.45) is 5.73 Å². The van der Waals surface area contributed by atoms with Crippen LogP contribution in [0, 0.1) is 0 Å². The standard InChI is InChI=1S/C18H26N2O/c19-18(11-5-2-6-12-18)13-17(21)20(16-9-10-16)14-15-7-3-1-4-8-15/h1,3-4,7-8,16H,2,5-6,9-14,19H2. The van der Waals surface area contributed by atoms with Gasteiger partial charge in [-0.15, -0.1) is 0 Å². The van der Waals surface area contributed by atoms with Gasteiger partial charge in [0.05, 0.1) is 0 Å². The Morgan fingerprint density at radius 1 is 1.14 bits per heavy atom. The van der Waals surface area contributed by atoms with Crippen LogP contribution in [0.15, 0.2) is 30.3 Å². The Balaban J connectivity index is 1.64. The molecule has 0 atom stereocenters. The van der Waals surface area contributed by atoms with E-state index < -0.39 is 0 Å². The highest BCUT2D eigenvalue weighted by Gasteiger charge is 2.37. The summed E-state index contributed by atoms with van der Waals surface area (Å²) in [7, 11) is 0. The molecule has 2 fully saturated rings. The molecular weight excluding hydrogens is 260 g/mol. The molecule has 0 spiro atoms. The van der Waals surface area contributed by atoms with Crippen LogP contribution in [0.5, 0.6) is 0 Å². The fraction of sp³-hybridized carbons (Fsp3) is 0.611. The van der Waals surface area contributed by atoms with Crippen LogP contribution < -0.4 is 5.73 Å². The number of carbonyl (C=O) groups excluding carboxylic acids is 1. The summed E-state index contributed by atoms with van der Waals surface area (Å²) in [6.45, 7) is 0.737. The van der Waals surface area contributed by atoms with E-state index in [0.717, 1.165) is 32.2 Å². The topological polar surface area (TPSA) is 46.3 Å². The smallest absolute Gasteiger partial charge is 0.224 e. The summed E-state index contributed by atoms with van der Waals surface area (Å²) in [5, 5.41) is 0. The van der Waals surface area contributed by atoms with Gasteiger partial charge in [0.15, 0.2) is 0 Å². The van der Waals surface area contributed by atoms with Crippen LogP contribution in [-0.4, -0.2) is 22.4 Å². The number of amides is 1. The zero-order chi connectivity index (χ0) is 14.7. The van der Waals surface area contributed by atoms with Gasteiger partial charge >= 0.3 is 0 Å². The van der Waals surface area contributed by atoms with E-state index in [4.69, 9.17) is 5.73 Å². The number of nitrogens with zero attached hydrogens (tertiary/aromatic N) is 1. The third-order valence-electron chi connectivity index (χ3n) is 4.86. The minimum Gasteiger partial charge on any atom is -0.335 e. The van der Waals surface area contributed by atoms with Crippen molar-refractivity contribution in [3.8, 4) is 0 Å². The van der Waals surface area contributed by atoms with Crippen LogP contribution in [0.3, 0.4) is 0 Å². The zero-order valence-electron chi connectivity index (χ0n) is 12.8. The summed E-state index contributed by atoms with van der Waals surface area (Å²) in [6.07, 6.45) is 8.44. The molecule has 114 valence electrons. The van der Waals surface area contributed by atoms with Gasteiger partial charge in [-0.05, 0) is 31.2 Å². The minimum atomic E-state index is -0.251. The van der Waals surface area contributed by atoms with Crippen molar-refractivity contribution in [3.05, 3.63) is 35.9 Å². The lowest BCUT2D eigenvalue weighted by atomic mass is 9.80. The van der Waals surface area contributed by atoms with E-state index in [2.05, 4.69) is 17.0 Å². The number of benzene rings is 1. The second-order valence-corrected chi connectivity index (χ2v) is 6.84. The number of hydrogen-bond donors (Lipinski definition) is 1. The molecule has 2 saturated carbocycles. The van der Waals surface area contributed by atoms with Crippen LogP contribution in [-0.2, 0) is 11.3 Å². The van der Waals surface area contributed by atoms with Crippen LogP contribution >= 0.6 is 0 Å². The van der Waals surface area contributed by atoms with Gasteiger partial charge in [-0.25, -0.2) is 0 Å². The maximum Gasteiger partial charge on any atom is 0.224 e. The van der Waals surface area contributed by atoms with Gasteiger partial charge in [0.1, 0.15) is 0 Å². The molecule has 0 radical (unpaired) electrons. The summed E-state index contributed by atoms with van der Waals surface area (Å²) in [5.41, 5.74) is 7.43. The SMILES string of the molecule is NC1(CC(=O)N(Cc2ccccc2)C2CC2)CCCCC1. The Labute approximate surface area is 127 Å². The number of rotatable bonds is 5. The van der Waals surface area contributed by atoms with E-state index in [9.17, 15) is 4.79 Å². The molecule has 3 nitrogen and oxygen atoms in total. The molecule has 21 heavy (non-hydrogen) atoms. The number of hydrogen-bond acceptors (Lipinski definition) is 2. The molecule has 0 bridgehead atoms. The molecule has 2 N–H and O–H groups in total. The summed E-state index contributed by atoms with van der Waals surface area (Å²) in [6, 6.07) is 10.7. The van der Waals surface area contributed by atoms with Crippen molar-refractivity contribution in [3.63, 3.8) is 0 Å². The van der Waals surface area contributed by atoms with Gasteiger partial charge in [-0.2, -0.15) is 0 Å². The van der Waals surface area contributed by atoms with Crippen LogP contribution in [0.4, 0.5) is 0 Å². The van der Waals surface area contributed by atoms with E-state index in [1.54, 1.807) is 0 Å². The average molecular weight is 286 g/mol. The Bertz CT molecular complexity index is 475. The van der Waals surface area contributed by atoms with Gasteiger partial charge < -0.3 is 10.6 Å². The maximum atomic E-state index is 12.7. The van der Waals surface area contributed by atoms with Crippen LogP contribution in [0.2, 0.25) is 0 Å².